The van der Waals surface area contributed by atoms with E-state index in [0.717, 1.165) is 12.8 Å². The number of nitrogens with two attached hydrogens (primary N) is 2. The van der Waals surface area contributed by atoms with E-state index in [1.807, 2.05) is 6.08 Å². The first-order chi connectivity index (χ1) is 3.27. The highest BCUT2D eigenvalue weighted by Crippen LogP contribution is 1.86. The first-order valence-electron chi connectivity index (χ1n) is 2.48. The van der Waals surface area contributed by atoms with Crippen LogP contribution in [0.15, 0.2) is 11.9 Å². The minimum Gasteiger partial charge on any atom is -0.386 e. The summed E-state index contributed by atoms with van der Waals surface area (Å²) in [4.78, 5) is 0. The Kier molecular flexibility index (Phi) is 3.19. The van der Waals surface area contributed by atoms with Gasteiger partial charge in [-0.2, -0.15) is 0 Å². The lowest BCUT2D eigenvalue weighted by Crippen LogP contribution is -2.06. The fourth-order valence-corrected chi connectivity index (χ4v) is 0.311. The third kappa shape index (κ3) is 5.34. The SMILES string of the molecule is CCCC=C(N)N. The van der Waals surface area contributed by atoms with Gasteiger partial charge in [-0.3, -0.25) is 0 Å². The summed E-state index contributed by atoms with van der Waals surface area (Å²) in [6.45, 7) is 2.08. The van der Waals surface area contributed by atoms with Crippen LogP contribution in [0.4, 0.5) is 0 Å². The molecule has 0 aliphatic heterocycles. The summed E-state index contributed by atoms with van der Waals surface area (Å²) < 4.78 is 0. The van der Waals surface area contributed by atoms with Gasteiger partial charge in [-0.05, 0) is 12.5 Å². The molecular weight excluding hydrogens is 88.1 g/mol. The van der Waals surface area contributed by atoms with E-state index in [1.54, 1.807) is 0 Å². The van der Waals surface area contributed by atoms with Crippen molar-refractivity contribution in [2.45, 2.75) is 19.8 Å². The smallest absolute Gasteiger partial charge is 0.0892 e. The van der Waals surface area contributed by atoms with Crippen molar-refractivity contribution in [1.29, 1.82) is 0 Å². The van der Waals surface area contributed by atoms with E-state index in [-0.39, 0.29) is 0 Å². The Bertz CT molecular complexity index is 62.5. The largest absolute Gasteiger partial charge is 0.386 e. The Hall–Kier alpha value is -0.660. The van der Waals surface area contributed by atoms with E-state index in [0.29, 0.717) is 5.82 Å². The molecule has 2 heteroatoms. The lowest BCUT2D eigenvalue weighted by Gasteiger charge is -1.86. The number of hydrogen-bond donors (Lipinski definition) is 2. The van der Waals surface area contributed by atoms with Crippen molar-refractivity contribution in [3.63, 3.8) is 0 Å². The molecule has 0 aromatic heterocycles. The van der Waals surface area contributed by atoms with Gasteiger partial charge in [-0.25, -0.2) is 0 Å². The Morgan fingerprint density at radius 3 is 2.29 bits per heavy atom. The molecule has 4 N–H and O–H groups in total. The molecule has 0 atom stereocenters. The minimum absolute atomic E-state index is 0.432. The molecule has 0 aromatic carbocycles. The van der Waals surface area contributed by atoms with Crippen molar-refractivity contribution in [1.82, 2.24) is 0 Å². The maximum Gasteiger partial charge on any atom is 0.0892 e. The van der Waals surface area contributed by atoms with Crippen LogP contribution in [0, 0.1) is 0 Å². The summed E-state index contributed by atoms with van der Waals surface area (Å²) in [6.07, 6.45) is 3.92. The highest BCUT2D eigenvalue weighted by Gasteiger charge is 1.73. The molecule has 42 valence electrons. The summed E-state index contributed by atoms with van der Waals surface area (Å²) >= 11 is 0. The van der Waals surface area contributed by atoms with Gasteiger partial charge in [0.2, 0.25) is 0 Å². The molecule has 0 saturated heterocycles. The van der Waals surface area contributed by atoms with Crippen LogP contribution >= 0.6 is 0 Å². The van der Waals surface area contributed by atoms with Crippen molar-refractivity contribution in [2.24, 2.45) is 11.5 Å². The minimum atomic E-state index is 0.432. The predicted octanol–water partition coefficient (Wildman–Crippen LogP) is 0.545. The molecule has 7 heavy (non-hydrogen) atoms. The second kappa shape index (κ2) is 3.53. The molecule has 0 aliphatic rings. The van der Waals surface area contributed by atoms with Gasteiger partial charge in [0.15, 0.2) is 0 Å². The average Bonchev–Trinajstić information content (AvgIpc) is 1.61. The van der Waals surface area contributed by atoms with E-state index in [9.17, 15) is 0 Å². The Labute approximate surface area is 44.2 Å². The summed E-state index contributed by atoms with van der Waals surface area (Å²) in [6, 6.07) is 0. The molecule has 0 unspecified atom stereocenters. The zero-order valence-electron chi connectivity index (χ0n) is 4.65. The number of unbranched alkanes of at least 4 members (excludes halogenated alkanes) is 1. The second-order valence-electron chi connectivity index (χ2n) is 1.49. The molecule has 0 radical (unpaired) electrons. The molecule has 0 aliphatic carbocycles. The van der Waals surface area contributed by atoms with Crippen LogP contribution in [-0.2, 0) is 0 Å². The van der Waals surface area contributed by atoms with Crippen LogP contribution in [0.5, 0.6) is 0 Å². The summed E-state index contributed by atoms with van der Waals surface area (Å²) in [5, 5.41) is 0. The van der Waals surface area contributed by atoms with E-state index in [4.69, 9.17) is 11.5 Å². The van der Waals surface area contributed by atoms with Crippen molar-refractivity contribution in [3.8, 4) is 0 Å². The zero-order valence-corrected chi connectivity index (χ0v) is 4.65. The number of rotatable bonds is 2. The third-order valence-electron chi connectivity index (χ3n) is 0.669. The van der Waals surface area contributed by atoms with Crippen molar-refractivity contribution in [3.05, 3.63) is 11.9 Å². The van der Waals surface area contributed by atoms with Crippen molar-refractivity contribution in [2.75, 3.05) is 0 Å². The molecule has 0 spiro atoms. The summed E-state index contributed by atoms with van der Waals surface area (Å²) in [7, 11) is 0. The van der Waals surface area contributed by atoms with Crippen LogP contribution in [0.2, 0.25) is 0 Å². The highest BCUT2D eigenvalue weighted by atomic mass is 14.8. The molecule has 0 fully saturated rings. The van der Waals surface area contributed by atoms with E-state index in [2.05, 4.69) is 6.92 Å². The molecule has 0 heterocycles. The Morgan fingerprint density at radius 1 is 1.57 bits per heavy atom. The van der Waals surface area contributed by atoms with Crippen LogP contribution in [0.3, 0.4) is 0 Å². The zero-order chi connectivity index (χ0) is 5.70. The highest BCUT2D eigenvalue weighted by molar-refractivity contribution is 4.88. The van der Waals surface area contributed by atoms with E-state index in [1.165, 1.54) is 0 Å². The monoisotopic (exact) mass is 100 g/mol. The maximum atomic E-state index is 5.12. The van der Waals surface area contributed by atoms with Crippen LogP contribution in [0.25, 0.3) is 0 Å². The third-order valence-corrected chi connectivity index (χ3v) is 0.669. The molecule has 0 rings (SSSR count). The number of allylic oxidation sites excluding steroid dienone is 1. The molecule has 0 aromatic rings. The normalized spacial score (nSPS) is 8.14. The van der Waals surface area contributed by atoms with E-state index < -0.39 is 0 Å². The van der Waals surface area contributed by atoms with Crippen molar-refractivity contribution >= 4 is 0 Å². The molecular formula is C5H12N2. The van der Waals surface area contributed by atoms with Gasteiger partial charge in [0.25, 0.3) is 0 Å². The Balaban J connectivity index is 3.08. The lowest BCUT2D eigenvalue weighted by molar-refractivity contribution is 0.942. The molecule has 0 amide bonds. The maximum absolute atomic E-state index is 5.12. The van der Waals surface area contributed by atoms with Crippen LogP contribution in [-0.4, -0.2) is 0 Å². The predicted molar refractivity (Wildman–Crippen MR) is 31.4 cm³/mol. The Morgan fingerprint density at radius 2 is 2.14 bits per heavy atom. The van der Waals surface area contributed by atoms with Crippen LogP contribution < -0.4 is 11.5 Å². The van der Waals surface area contributed by atoms with Gasteiger partial charge in [0.05, 0.1) is 5.82 Å². The second-order valence-corrected chi connectivity index (χ2v) is 1.49. The van der Waals surface area contributed by atoms with Gasteiger partial charge in [-0.1, -0.05) is 13.3 Å². The van der Waals surface area contributed by atoms with Gasteiger partial charge >= 0.3 is 0 Å². The fourth-order valence-electron chi connectivity index (χ4n) is 0.311. The van der Waals surface area contributed by atoms with Crippen LogP contribution in [0.1, 0.15) is 19.8 Å². The molecule has 0 saturated carbocycles. The van der Waals surface area contributed by atoms with Gasteiger partial charge in [-0.15, -0.1) is 0 Å². The standard InChI is InChI=1S/C5H12N2/c1-2-3-4-5(6)7/h4H,2-3,6-7H2,1H3. The topological polar surface area (TPSA) is 52.0 Å². The van der Waals surface area contributed by atoms with E-state index >= 15 is 0 Å². The van der Waals surface area contributed by atoms with Gasteiger partial charge in [0, 0.05) is 0 Å². The van der Waals surface area contributed by atoms with Crippen molar-refractivity contribution < 1.29 is 0 Å². The summed E-state index contributed by atoms with van der Waals surface area (Å²) in [5.41, 5.74) is 10.2. The fraction of sp³-hybridized carbons (Fsp3) is 0.600. The molecule has 2 nitrogen and oxygen atoms in total. The van der Waals surface area contributed by atoms with Gasteiger partial charge in [0.1, 0.15) is 0 Å². The molecule has 0 bridgehead atoms. The number of hydrogen-bond acceptors (Lipinski definition) is 2. The lowest BCUT2D eigenvalue weighted by atomic mass is 10.3. The van der Waals surface area contributed by atoms with Gasteiger partial charge < -0.3 is 11.5 Å². The summed E-state index contributed by atoms with van der Waals surface area (Å²) in [5.74, 6) is 0.432. The first kappa shape index (κ1) is 6.34. The average molecular weight is 100 g/mol. The first-order valence-corrected chi connectivity index (χ1v) is 2.48. The quantitative estimate of drug-likeness (QED) is 0.532.